The number of aliphatic carboxylic acids is 1. The molecule has 1 heterocycles. The maximum Gasteiger partial charge on any atom is 0.411 e. The van der Waals surface area contributed by atoms with Crippen LogP contribution in [-0.2, 0) is 4.79 Å². The van der Waals surface area contributed by atoms with Crippen LogP contribution in [0.3, 0.4) is 0 Å². The number of amides is 1. The molecule has 0 saturated heterocycles. The highest BCUT2D eigenvalue weighted by atomic mass is 16.4. The molecule has 2 N–H and O–H groups in total. The van der Waals surface area contributed by atoms with Gasteiger partial charge in [0.05, 0.1) is 11.6 Å². The number of hydrogen-bond acceptors (Lipinski definition) is 2. The summed E-state index contributed by atoms with van der Waals surface area (Å²) in [6.45, 7) is 2.08. The van der Waals surface area contributed by atoms with Gasteiger partial charge in [-0.3, -0.25) is 4.90 Å². The summed E-state index contributed by atoms with van der Waals surface area (Å²) in [6, 6.07) is -0.248. The molecule has 0 fully saturated rings. The van der Waals surface area contributed by atoms with Crippen LogP contribution in [0.15, 0.2) is 23.9 Å². The van der Waals surface area contributed by atoms with Gasteiger partial charge in [-0.2, -0.15) is 0 Å². The third-order valence-electron chi connectivity index (χ3n) is 2.70. The van der Waals surface area contributed by atoms with Crippen LogP contribution in [0.1, 0.15) is 32.6 Å². The van der Waals surface area contributed by atoms with Crippen molar-refractivity contribution in [3.63, 3.8) is 0 Å². The van der Waals surface area contributed by atoms with E-state index < -0.39 is 12.1 Å². The van der Waals surface area contributed by atoms with E-state index in [0.29, 0.717) is 0 Å². The molecule has 94 valence electrons. The monoisotopic (exact) mass is 239 g/mol. The summed E-state index contributed by atoms with van der Waals surface area (Å²) in [7, 11) is 0. The van der Waals surface area contributed by atoms with Gasteiger partial charge >= 0.3 is 12.1 Å². The molecule has 0 aromatic rings. The molecule has 1 aliphatic rings. The van der Waals surface area contributed by atoms with Crippen molar-refractivity contribution in [1.29, 1.82) is 0 Å². The highest BCUT2D eigenvalue weighted by molar-refractivity contribution is 5.90. The number of nitrogens with zero attached hydrogens (tertiary/aromatic N) is 1. The third kappa shape index (κ3) is 3.62. The SMILES string of the molecule is CCCCCC1C=CC(C(=O)O)=CN1C(=O)O. The Balaban J connectivity index is 2.71. The summed E-state index contributed by atoms with van der Waals surface area (Å²) in [6.07, 6.45) is 6.96. The van der Waals surface area contributed by atoms with Crippen LogP contribution in [0.4, 0.5) is 4.79 Å². The molecule has 0 aromatic heterocycles. The molecule has 17 heavy (non-hydrogen) atoms. The van der Waals surface area contributed by atoms with Crippen LogP contribution in [0, 0.1) is 0 Å². The van der Waals surface area contributed by atoms with E-state index in [1.807, 2.05) is 0 Å². The first-order chi connectivity index (χ1) is 8.06. The van der Waals surface area contributed by atoms with Crippen LogP contribution in [0.5, 0.6) is 0 Å². The predicted octanol–water partition coefficient (Wildman–Crippen LogP) is 2.45. The maximum atomic E-state index is 11.0. The number of unbranched alkanes of at least 4 members (excludes halogenated alkanes) is 2. The molecule has 0 aliphatic carbocycles. The van der Waals surface area contributed by atoms with Gasteiger partial charge in [0.25, 0.3) is 0 Å². The van der Waals surface area contributed by atoms with Gasteiger partial charge in [-0.25, -0.2) is 9.59 Å². The smallest absolute Gasteiger partial charge is 0.411 e. The second-order valence-electron chi connectivity index (χ2n) is 4.00. The van der Waals surface area contributed by atoms with Crippen molar-refractivity contribution in [2.45, 2.75) is 38.6 Å². The normalized spacial score (nSPS) is 19.0. The van der Waals surface area contributed by atoms with Crippen molar-refractivity contribution >= 4 is 12.1 Å². The van der Waals surface area contributed by atoms with Gasteiger partial charge < -0.3 is 10.2 Å². The van der Waals surface area contributed by atoms with E-state index in [0.717, 1.165) is 30.6 Å². The average Bonchev–Trinajstić information content (AvgIpc) is 2.29. The molecule has 5 nitrogen and oxygen atoms in total. The topological polar surface area (TPSA) is 77.8 Å². The molecule has 0 bridgehead atoms. The summed E-state index contributed by atoms with van der Waals surface area (Å²) in [5, 5.41) is 17.8. The molecule has 1 rings (SSSR count). The largest absolute Gasteiger partial charge is 0.478 e. The molecule has 1 atom stereocenters. The zero-order valence-electron chi connectivity index (χ0n) is 9.80. The number of carbonyl (C=O) groups is 2. The molecule has 0 aromatic carbocycles. The zero-order valence-corrected chi connectivity index (χ0v) is 9.80. The van der Waals surface area contributed by atoms with Gasteiger partial charge in [-0.15, -0.1) is 0 Å². The Bertz CT molecular complexity index is 360. The van der Waals surface area contributed by atoms with E-state index in [1.54, 1.807) is 6.08 Å². The zero-order chi connectivity index (χ0) is 12.8. The fourth-order valence-corrected chi connectivity index (χ4v) is 1.76. The first-order valence-electron chi connectivity index (χ1n) is 5.70. The molecule has 1 amide bonds. The lowest BCUT2D eigenvalue weighted by molar-refractivity contribution is -0.132. The first-order valence-corrected chi connectivity index (χ1v) is 5.70. The lowest BCUT2D eigenvalue weighted by Gasteiger charge is -2.27. The van der Waals surface area contributed by atoms with Crippen molar-refractivity contribution in [3.05, 3.63) is 23.9 Å². The van der Waals surface area contributed by atoms with E-state index in [1.165, 1.54) is 12.3 Å². The molecule has 5 heteroatoms. The van der Waals surface area contributed by atoms with Crippen molar-refractivity contribution in [2.75, 3.05) is 0 Å². The third-order valence-corrected chi connectivity index (χ3v) is 2.70. The Morgan fingerprint density at radius 2 is 2.06 bits per heavy atom. The van der Waals surface area contributed by atoms with E-state index in [-0.39, 0.29) is 11.6 Å². The van der Waals surface area contributed by atoms with E-state index >= 15 is 0 Å². The summed E-state index contributed by atoms with van der Waals surface area (Å²) < 4.78 is 0. The van der Waals surface area contributed by atoms with Gasteiger partial charge in [-0.05, 0) is 12.5 Å². The number of carboxylic acid groups (broad SMARTS) is 2. The number of rotatable bonds is 5. The van der Waals surface area contributed by atoms with Crippen molar-refractivity contribution in [1.82, 2.24) is 4.90 Å². The van der Waals surface area contributed by atoms with E-state index in [4.69, 9.17) is 10.2 Å². The fraction of sp³-hybridized carbons (Fsp3) is 0.500. The summed E-state index contributed by atoms with van der Waals surface area (Å²) in [5.41, 5.74) is -0.000795. The Kier molecular flexibility index (Phi) is 4.75. The van der Waals surface area contributed by atoms with Gasteiger partial charge in [0.2, 0.25) is 0 Å². The van der Waals surface area contributed by atoms with E-state index in [2.05, 4.69) is 6.92 Å². The molecule has 0 radical (unpaired) electrons. The molecular weight excluding hydrogens is 222 g/mol. The number of hydrogen-bond donors (Lipinski definition) is 2. The molecular formula is C12H17NO4. The average molecular weight is 239 g/mol. The molecule has 1 unspecified atom stereocenters. The minimum absolute atomic E-state index is 0.000795. The predicted molar refractivity (Wildman–Crippen MR) is 62.7 cm³/mol. The Morgan fingerprint density at radius 1 is 1.35 bits per heavy atom. The van der Waals surface area contributed by atoms with Crippen LogP contribution in [-0.4, -0.2) is 33.2 Å². The lowest BCUT2D eigenvalue weighted by atomic mass is 10.0. The second-order valence-corrected chi connectivity index (χ2v) is 4.00. The van der Waals surface area contributed by atoms with Crippen LogP contribution in [0.2, 0.25) is 0 Å². The van der Waals surface area contributed by atoms with Crippen molar-refractivity contribution in [3.8, 4) is 0 Å². The lowest BCUT2D eigenvalue weighted by Crippen LogP contribution is -2.36. The van der Waals surface area contributed by atoms with Crippen molar-refractivity contribution < 1.29 is 19.8 Å². The maximum absolute atomic E-state index is 11.0. The summed E-state index contributed by atoms with van der Waals surface area (Å²) in [4.78, 5) is 22.8. The van der Waals surface area contributed by atoms with Crippen LogP contribution in [0.25, 0.3) is 0 Å². The van der Waals surface area contributed by atoms with Gasteiger partial charge in [0.1, 0.15) is 0 Å². The minimum Gasteiger partial charge on any atom is -0.478 e. The minimum atomic E-state index is -1.12. The Labute approximate surface area is 100 Å². The van der Waals surface area contributed by atoms with Gasteiger partial charge in [0, 0.05) is 6.20 Å². The highest BCUT2D eigenvalue weighted by Crippen LogP contribution is 2.19. The summed E-state index contributed by atoms with van der Waals surface area (Å²) >= 11 is 0. The molecule has 0 saturated carbocycles. The fourth-order valence-electron chi connectivity index (χ4n) is 1.76. The molecule has 1 aliphatic heterocycles. The number of carboxylic acids is 1. The van der Waals surface area contributed by atoms with Gasteiger partial charge in [0.15, 0.2) is 0 Å². The second kappa shape index (κ2) is 6.08. The summed E-state index contributed by atoms with van der Waals surface area (Å²) in [5.74, 6) is -1.11. The Hall–Kier alpha value is -1.78. The Morgan fingerprint density at radius 3 is 2.59 bits per heavy atom. The van der Waals surface area contributed by atoms with E-state index in [9.17, 15) is 9.59 Å². The van der Waals surface area contributed by atoms with Crippen LogP contribution < -0.4 is 0 Å². The molecule has 0 spiro atoms. The standard InChI is InChI=1S/C12H17NO4/c1-2-3-4-5-10-7-6-9(11(14)15)8-13(10)12(16)17/h6-8,10H,2-5H2,1H3,(H,14,15)(H,16,17). The quantitative estimate of drug-likeness (QED) is 0.722. The highest BCUT2D eigenvalue weighted by Gasteiger charge is 2.24. The van der Waals surface area contributed by atoms with Crippen molar-refractivity contribution in [2.24, 2.45) is 0 Å². The first kappa shape index (κ1) is 13.3. The van der Waals surface area contributed by atoms with Gasteiger partial charge in [-0.1, -0.05) is 32.3 Å². The van der Waals surface area contributed by atoms with Crippen LogP contribution >= 0.6 is 0 Å².